The van der Waals surface area contributed by atoms with Gasteiger partial charge in [-0.1, -0.05) is 19.1 Å². The highest BCUT2D eigenvalue weighted by Crippen LogP contribution is 2.27. The topological polar surface area (TPSA) is 67.6 Å². The van der Waals surface area contributed by atoms with Crippen molar-refractivity contribution in [3.8, 4) is 0 Å². The molecule has 0 N–H and O–H groups in total. The number of hydrogen-bond donors (Lipinski definition) is 0. The lowest BCUT2D eigenvalue weighted by Gasteiger charge is -2.27. The van der Waals surface area contributed by atoms with Crippen molar-refractivity contribution in [2.75, 3.05) is 6.54 Å². The average Bonchev–Trinajstić information content (AvgIpc) is 3.03. The number of hydrogen-bond acceptors (Lipinski definition) is 4. The largest absolute Gasteiger partial charge is 0.246 e. The molecule has 0 bridgehead atoms. The molecule has 3 aromatic rings. The van der Waals surface area contributed by atoms with Crippen molar-refractivity contribution < 1.29 is 12.8 Å². The van der Waals surface area contributed by atoms with E-state index in [2.05, 4.69) is 10.1 Å². The van der Waals surface area contributed by atoms with Gasteiger partial charge in [0, 0.05) is 18.7 Å². The van der Waals surface area contributed by atoms with Gasteiger partial charge in [-0.05, 0) is 24.6 Å². The summed E-state index contributed by atoms with van der Waals surface area (Å²) in [5, 5.41) is 4.02. The molecule has 6 nitrogen and oxygen atoms in total. The third kappa shape index (κ3) is 2.90. The second-order valence-electron chi connectivity index (χ2n) is 5.36. The lowest BCUT2D eigenvalue weighted by molar-refractivity contribution is 0.356. The van der Waals surface area contributed by atoms with Gasteiger partial charge in [0.15, 0.2) is 5.65 Å². The summed E-state index contributed by atoms with van der Waals surface area (Å²) in [6.45, 7) is 3.81. The van der Waals surface area contributed by atoms with Crippen LogP contribution in [0, 0.1) is 5.82 Å². The van der Waals surface area contributed by atoms with Gasteiger partial charge in [-0.15, -0.1) is 0 Å². The zero-order valence-electron chi connectivity index (χ0n) is 13.3. The SMILES string of the molecule is CCN([C@@H](C)c1ccc(F)cc1)S(=O)(=O)c1cnc2ccnn2c1. The molecule has 126 valence electrons. The molecule has 1 aromatic carbocycles. The monoisotopic (exact) mass is 348 g/mol. The van der Waals surface area contributed by atoms with Crippen molar-refractivity contribution >= 4 is 15.7 Å². The maximum absolute atomic E-state index is 13.1. The van der Waals surface area contributed by atoms with Crippen LogP contribution in [0.25, 0.3) is 5.65 Å². The lowest BCUT2D eigenvalue weighted by Crippen LogP contribution is -2.33. The molecular formula is C16H17FN4O2S. The number of sulfonamides is 1. The Bertz CT molecular complexity index is 954. The first-order valence-electron chi connectivity index (χ1n) is 7.50. The van der Waals surface area contributed by atoms with Crippen LogP contribution in [0.1, 0.15) is 25.5 Å². The van der Waals surface area contributed by atoms with Crippen LogP contribution in [-0.2, 0) is 10.0 Å². The molecule has 0 aliphatic heterocycles. The fourth-order valence-electron chi connectivity index (χ4n) is 2.62. The quantitative estimate of drug-likeness (QED) is 0.711. The number of aromatic nitrogens is 3. The molecule has 24 heavy (non-hydrogen) atoms. The van der Waals surface area contributed by atoms with Gasteiger partial charge in [0.05, 0.1) is 18.6 Å². The Morgan fingerprint density at radius 3 is 2.62 bits per heavy atom. The molecule has 1 atom stereocenters. The van der Waals surface area contributed by atoms with Crippen LogP contribution in [0.4, 0.5) is 4.39 Å². The summed E-state index contributed by atoms with van der Waals surface area (Å²) in [5.41, 5.74) is 1.29. The first-order valence-corrected chi connectivity index (χ1v) is 8.94. The summed E-state index contributed by atoms with van der Waals surface area (Å²) >= 11 is 0. The summed E-state index contributed by atoms with van der Waals surface area (Å²) < 4.78 is 41.8. The second-order valence-corrected chi connectivity index (χ2v) is 7.25. The van der Waals surface area contributed by atoms with E-state index in [1.807, 2.05) is 0 Å². The Labute approximate surface area is 139 Å². The van der Waals surface area contributed by atoms with Crippen molar-refractivity contribution in [3.05, 3.63) is 60.3 Å². The zero-order chi connectivity index (χ0) is 17.3. The average molecular weight is 348 g/mol. The summed E-state index contributed by atoms with van der Waals surface area (Å²) in [7, 11) is -3.76. The molecule has 8 heteroatoms. The maximum Gasteiger partial charge on any atom is 0.246 e. The van der Waals surface area contributed by atoms with Crippen LogP contribution in [0.3, 0.4) is 0 Å². The minimum atomic E-state index is -3.76. The van der Waals surface area contributed by atoms with Crippen molar-refractivity contribution in [2.45, 2.75) is 24.8 Å². The zero-order valence-corrected chi connectivity index (χ0v) is 14.1. The first kappa shape index (κ1) is 16.5. The van der Waals surface area contributed by atoms with Crippen molar-refractivity contribution in [3.63, 3.8) is 0 Å². The van der Waals surface area contributed by atoms with E-state index in [9.17, 15) is 12.8 Å². The van der Waals surface area contributed by atoms with Crippen molar-refractivity contribution in [1.82, 2.24) is 18.9 Å². The van der Waals surface area contributed by atoms with E-state index in [4.69, 9.17) is 0 Å². The fraction of sp³-hybridized carbons (Fsp3) is 0.250. The highest BCUT2D eigenvalue weighted by Gasteiger charge is 2.29. The van der Waals surface area contributed by atoms with E-state index < -0.39 is 16.1 Å². The van der Waals surface area contributed by atoms with Crippen LogP contribution in [0.15, 0.2) is 53.8 Å². The maximum atomic E-state index is 13.1. The summed E-state index contributed by atoms with van der Waals surface area (Å²) in [4.78, 5) is 4.18. The molecule has 2 heterocycles. The van der Waals surface area contributed by atoms with E-state index in [0.29, 0.717) is 5.65 Å². The lowest BCUT2D eigenvalue weighted by atomic mass is 10.1. The minimum absolute atomic E-state index is 0.0644. The highest BCUT2D eigenvalue weighted by molar-refractivity contribution is 7.89. The Morgan fingerprint density at radius 1 is 1.25 bits per heavy atom. The molecule has 0 spiro atoms. The van der Waals surface area contributed by atoms with Gasteiger partial charge in [0.25, 0.3) is 0 Å². The van der Waals surface area contributed by atoms with E-state index >= 15 is 0 Å². The molecule has 0 saturated carbocycles. The Kier molecular flexibility index (Phi) is 4.33. The molecule has 0 amide bonds. The second kappa shape index (κ2) is 6.29. The molecule has 0 unspecified atom stereocenters. The number of nitrogens with zero attached hydrogens (tertiary/aromatic N) is 4. The summed E-state index contributed by atoms with van der Waals surface area (Å²) in [5.74, 6) is -0.356. The molecule has 0 aliphatic carbocycles. The smallest absolute Gasteiger partial charge is 0.236 e. The third-order valence-corrected chi connectivity index (χ3v) is 5.92. The number of benzene rings is 1. The molecule has 3 rings (SSSR count). The highest BCUT2D eigenvalue weighted by atomic mass is 32.2. The summed E-state index contributed by atoms with van der Waals surface area (Å²) in [6.07, 6.45) is 4.32. The van der Waals surface area contributed by atoms with Gasteiger partial charge in [-0.25, -0.2) is 22.3 Å². The molecule has 0 saturated heterocycles. The number of fused-ring (bicyclic) bond motifs is 1. The van der Waals surface area contributed by atoms with Gasteiger partial charge >= 0.3 is 0 Å². The number of halogens is 1. The standard InChI is InChI=1S/C16H17FN4O2S/c1-3-21(12(2)13-4-6-14(17)7-5-13)24(22,23)15-10-18-16-8-9-19-20(16)11-15/h4-12H,3H2,1-2H3/t12-/m0/s1. The molecule has 2 aromatic heterocycles. The molecule has 0 radical (unpaired) electrons. The minimum Gasteiger partial charge on any atom is -0.236 e. The van der Waals surface area contributed by atoms with Crippen LogP contribution in [0.2, 0.25) is 0 Å². The molecule has 0 fully saturated rings. The van der Waals surface area contributed by atoms with E-state index in [1.54, 1.807) is 38.2 Å². The fourth-order valence-corrected chi connectivity index (χ4v) is 4.19. The van der Waals surface area contributed by atoms with Crippen LogP contribution in [0.5, 0.6) is 0 Å². The van der Waals surface area contributed by atoms with Gasteiger partial charge < -0.3 is 0 Å². The van der Waals surface area contributed by atoms with Gasteiger partial charge in [-0.2, -0.15) is 9.40 Å². The summed E-state index contributed by atoms with van der Waals surface area (Å²) in [6, 6.07) is 7.08. The Morgan fingerprint density at radius 2 is 1.96 bits per heavy atom. The van der Waals surface area contributed by atoms with Gasteiger partial charge in [0.2, 0.25) is 10.0 Å². The van der Waals surface area contributed by atoms with Crippen molar-refractivity contribution in [2.24, 2.45) is 0 Å². The number of rotatable bonds is 5. The van der Waals surface area contributed by atoms with Gasteiger partial charge in [-0.3, -0.25) is 0 Å². The Balaban J connectivity index is 1.99. The predicted octanol–water partition coefficient (Wildman–Crippen LogP) is 2.64. The van der Waals surface area contributed by atoms with E-state index in [0.717, 1.165) is 5.56 Å². The van der Waals surface area contributed by atoms with E-state index in [-0.39, 0.29) is 17.3 Å². The van der Waals surface area contributed by atoms with E-state index in [1.165, 1.54) is 33.3 Å². The third-order valence-electron chi connectivity index (χ3n) is 3.93. The molecule has 0 aliphatic rings. The van der Waals surface area contributed by atoms with Crippen molar-refractivity contribution in [1.29, 1.82) is 0 Å². The molecular weight excluding hydrogens is 331 g/mol. The predicted molar refractivity (Wildman–Crippen MR) is 87.4 cm³/mol. The van der Waals surface area contributed by atoms with Crippen LogP contribution < -0.4 is 0 Å². The Hall–Kier alpha value is -2.32. The van der Waals surface area contributed by atoms with Crippen LogP contribution >= 0.6 is 0 Å². The normalized spacial score (nSPS) is 13.5. The van der Waals surface area contributed by atoms with Crippen LogP contribution in [-0.4, -0.2) is 33.9 Å². The first-order chi connectivity index (χ1) is 11.4. The van der Waals surface area contributed by atoms with Gasteiger partial charge in [0.1, 0.15) is 10.7 Å².